The normalized spacial score (nSPS) is 23.4. The number of amides is 1. The molecule has 134 valence electrons. The Labute approximate surface area is 143 Å². The summed E-state index contributed by atoms with van der Waals surface area (Å²) >= 11 is 0. The molecule has 2 aliphatic heterocycles. The van der Waals surface area contributed by atoms with Crippen molar-refractivity contribution in [3.05, 3.63) is 0 Å². The van der Waals surface area contributed by atoms with Crippen molar-refractivity contribution in [2.45, 2.75) is 66.2 Å². The maximum atomic E-state index is 12.1. The Balaban J connectivity index is 1.66. The zero-order chi connectivity index (χ0) is 16.8. The van der Waals surface area contributed by atoms with Crippen LogP contribution in [-0.4, -0.2) is 48.4 Å². The van der Waals surface area contributed by atoms with Gasteiger partial charge in [0.15, 0.2) is 0 Å². The number of hydrogen-bond acceptors (Lipinski definition) is 2. The lowest BCUT2D eigenvalue weighted by molar-refractivity contribution is -0.133. The van der Waals surface area contributed by atoms with Crippen LogP contribution >= 0.6 is 0 Å². The number of carbonyl (C=O) groups is 1. The van der Waals surface area contributed by atoms with Crippen LogP contribution in [0.2, 0.25) is 0 Å². The standard InChI is InChI=1S/C20H38N2O/c1-5-17(4)19-8-10-21(11-9-19)15-18-6-12-22(13-7-18)20(23)14-16(2)3/h16-19H,5-15H2,1-4H3. The molecular weight excluding hydrogens is 284 g/mol. The van der Waals surface area contributed by atoms with Crippen LogP contribution < -0.4 is 0 Å². The average molecular weight is 323 g/mol. The van der Waals surface area contributed by atoms with E-state index in [1.54, 1.807) is 0 Å². The summed E-state index contributed by atoms with van der Waals surface area (Å²) in [6, 6.07) is 0. The Hall–Kier alpha value is -0.570. The molecule has 0 aromatic rings. The van der Waals surface area contributed by atoms with E-state index in [4.69, 9.17) is 0 Å². The molecular formula is C20H38N2O. The van der Waals surface area contributed by atoms with E-state index in [9.17, 15) is 4.79 Å². The smallest absolute Gasteiger partial charge is 0.222 e. The number of likely N-dealkylation sites (tertiary alicyclic amines) is 2. The van der Waals surface area contributed by atoms with Crippen molar-refractivity contribution in [3.63, 3.8) is 0 Å². The van der Waals surface area contributed by atoms with Gasteiger partial charge in [-0.1, -0.05) is 34.1 Å². The molecule has 1 amide bonds. The first-order chi connectivity index (χ1) is 11.0. The number of rotatable bonds is 6. The minimum Gasteiger partial charge on any atom is -0.343 e. The highest BCUT2D eigenvalue weighted by Gasteiger charge is 2.27. The first-order valence-corrected chi connectivity index (χ1v) is 9.99. The second-order valence-corrected chi connectivity index (χ2v) is 8.45. The fraction of sp³-hybridized carbons (Fsp3) is 0.950. The quantitative estimate of drug-likeness (QED) is 0.737. The third-order valence-electron chi connectivity index (χ3n) is 6.15. The fourth-order valence-corrected chi connectivity index (χ4v) is 4.25. The van der Waals surface area contributed by atoms with Crippen molar-refractivity contribution in [3.8, 4) is 0 Å². The summed E-state index contributed by atoms with van der Waals surface area (Å²) in [4.78, 5) is 16.9. The molecule has 1 atom stereocenters. The number of piperidine rings is 2. The molecule has 0 aromatic carbocycles. The van der Waals surface area contributed by atoms with E-state index < -0.39 is 0 Å². The molecule has 0 spiro atoms. The van der Waals surface area contributed by atoms with E-state index in [1.165, 1.54) is 51.7 Å². The van der Waals surface area contributed by atoms with Crippen molar-refractivity contribution in [1.82, 2.24) is 9.80 Å². The predicted molar refractivity (Wildman–Crippen MR) is 97.4 cm³/mol. The van der Waals surface area contributed by atoms with E-state index in [0.717, 1.165) is 30.8 Å². The van der Waals surface area contributed by atoms with Crippen LogP contribution in [0, 0.1) is 23.7 Å². The van der Waals surface area contributed by atoms with Crippen molar-refractivity contribution in [2.24, 2.45) is 23.7 Å². The summed E-state index contributed by atoms with van der Waals surface area (Å²) in [5, 5.41) is 0. The van der Waals surface area contributed by atoms with Crippen LogP contribution in [0.4, 0.5) is 0 Å². The van der Waals surface area contributed by atoms with Crippen LogP contribution in [0.15, 0.2) is 0 Å². The molecule has 2 rings (SSSR count). The van der Waals surface area contributed by atoms with Crippen molar-refractivity contribution in [1.29, 1.82) is 0 Å². The molecule has 1 unspecified atom stereocenters. The van der Waals surface area contributed by atoms with Gasteiger partial charge in [0.25, 0.3) is 0 Å². The lowest BCUT2D eigenvalue weighted by Crippen LogP contribution is -2.43. The fourth-order valence-electron chi connectivity index (χ4n) is 4.25. The molecule has 0 bridgehead atoms. The van der Waals surface area contributed by atoms with Gasteiger partial charge >= 0.3 is 0 Å². The number of carbonyl (C=O) groups excluding carboxylic acids is 1. The van der Waals surface area contributed by atoms with Crippen LogP contribution in [-0.2, 0) is 4.79 Å². The molecule has 2 fully saturated rings. The minimum atomic E-state index is 0.368. The monoisotopic (exact) mass is 322 g/mol. The zero-order valence-electron chi connectivity index (χ0n) is 15.9. The molecule has 3 nitrogen and oxygen atoms in total. The van der Waals surface area contributed by atoms with Gasteiger partial charge in [0.05, 0.1) is 0 Å². The molecule has 23 heavy (non-hydrogen) atoms. The molecule has 0 aromatic heterocycles. The maximum Gasteiger partial charge on any atom is 0.222 e. The Kier molecular flexibility index (Phi) is 7.39. The summed E-state index contributed by atoms with van der Waals surface area (Å²) < 4.78 is 0. The number of hydrogen-bond donors (Lipinski definition) is 0. The van der Waals surface area contributed by atoms with Crippen molar-refractivity contribution >= 4 is 5.91 Å². The van der Waals surface area contributed by atoms with E-state index in [0.29, 0.717) is 18.2 Å². The number of nitrogens with zero attached hydrogens (tertiary/aromatic N) is 2. The molecule has 2 heterocycles. The molecule has 2 saturated heterocycles. The van der Waals surface area contributed by atoms with Gasteiger partial charge in [-0.15, -0.1) is 0 Å². The van der Waals surface area contributed by atoms with Gasteiger partial charge in [0.2, 0.25) is 5.91 Å². The summed E-state index contributed by atoms with van der Waals surface area (Å²) in [6.07, 6.45) is 7.23. The van der Waals surface area contributed by atoms with Gasteiger partial charge in [-0.2, -0.15) is 0 Å². The van der Waals surface area contributed by atoms with Crippen molar-refractivity contribution in [2.75, 3.05) is 32.7 Å². The van der Waals surface area contributed by atoms with E-state index in [1.807, 2.05) is 0 Å². The van der Waals surface area contributed by atoms with E-state index in [2.05, 4.69) is 37.5 Å². The molecule has 2 aliphatic rings. The Morgan fingerprint density at radius 2 is 1.61 bits per heavy atom. The van der Waals surface area contributed by atoms with Crippen LogP contribution in [0.3, 0.4) is 0 Å². The summed E-state index contributed by atoms with van der Waals surface area (Å²) in [5.41, 5.74) is 0. The largest absolute Gasteiger partial charge is 0.343 e. The van der Waals surface area contributed by atoms with Crippen LogP contribution in [0.1, 0.15) is 66.2 Å². The van der Waals surface area contributed by atoms with Gasteiger partial charge in [-0.25, -0.2) is 0 Å². The molecule has 0 N–H and O–H groups in total. The van der Waals surface area contributed by atoms with Gasteiger partial charge in [0, 0.05) is 26.1 Å². The highest BCUT2D eigenvalue weighted by atomic mass is 16.2. The van der Waals surface area contributed by atoms with Gasteiger partial charge < -0.3 is 9.80 Å². The predicted octanol–water partition coefficient (Wildman–Crippen LogP) is 4.03. The second kappa shape index (κ2) is 9.05. The molecule has 3 heteroatoms. The SMILES string of the molecule is CCC(C)C1CCN(CC2CCN(C(=O)CC(C)C)CC2)CC1. The van der Waals surface area contributed by atoms with Crippen molar-refractivity contribution < 1.29 is 4.79 Å². The van der Waals surface area contributed by atoms with Gasteiger partial charge in [0.1, 0.15) is 0 Å². The highest BCUT2D eigenvalue weighted by molar-refractivity contribution is 5.76. The minimum absolute atomic E-state index is 0.368. The lowest BCUT2D eigenvalue weighted by Gasteiger charge is -2.39. The topological polar surface area (TPSA) is 23.6 Å². The Morgan fingerprint density at radius 1 is 1.00 bits per heavy atom. The summed E-state index contributed by atoms with van der Waals surface area (Å²) in [6.45, 7) is 14.8. The van der Waals surface area contributed by atoms with Crippen LogP contribution in [0.5, 0.6) is 0 Å². The lowest BCUT2D eigenvalue weighted by atomic mass is 9.83. The van der Waals surface area contributed by atoms with Crippen LogP contribution in [0.25, 0.3) is 0 Å². The molecule has 0 saturated carbocycles. The first-order valence-electron chi connectivity index (χ1n) is 9.99. The molecule has 0 radical (unpaired) electrons. The van der Waals surface area contributed by atoms with Gasteiger partial charge in [-0.05, 0) is 62.4 Å². The highest BCUT2D eigenvalue weighted by Crippen LogP contribution is 2.28. The Bertz CT molecular complexity index is 353. The summed E-state index contributed by atoms with van der Waals surface area (Å²) in [5.74, 6) is 3.50. The Morgan fingerprint density at radius 3 is 2.13 bits per heavy atom. The maximum absolute atomic E-state index is 12.1. The first kappa shape index (κ1) is 18.8. The van der Waals surface area contributed by atoms with E-state index >= 15 is 0 Å². The zero-order valence-corrected chi connectivity index (χ0v) is 15.9. The molecule has 0 aliphatic carbocycles. The third-order valence-corrected chi connectivity index (χ3v) is 6.15. The second-order valence-electron chi connectivity index (χ2n) is 8.45. The third kappa shape index (κ3) is 5.77. The average Bonchev–Trinajstić information content (AvgIpc) is 2.55. The van der Waals surface area contributed by atoms with E-state index in [-0.39, 0.29) is 0 Å². The summed E-state index contributed by atoms with van der Waals surface area (Å²) in [7, 11) is 0. The van der Waals surface area contributed by atoms with Gasteiger partial charge in [-0.3, -0.25) is 4.79 Å².